The minimum Gasteiger partial charge on any atom is -0.446 e. The number of aromatic nitrogens is 2. The van der Waals surface area contributed by atoms with E-state index in [2.05, 4.69) is 35.3 Å². The molecule has 48 heavy (non-hydrogen) atoms. The zero-order valence-electron chi connectivity index (χ0n) is 30.0. The number of hydrogen-bond acceptors (Lipinski definition) is 7. The van der Waals surface area contributed by atoms with Gasteiger partial charge in [0.05, 0.1) is 24.3 Å². The summed E-state index contributed by atoms with van der Waals surface area (Å²) >= 11 is 6.57. The fourth-order valence-corrected chi connectivity index (χ4v) is 5.61. The number of carbonyl (C=O) groups excluding carboxylic acids is 2. The van der Waals surface area contributed by atoms with Crippen molar-refractivity contribution in [1.82, 2.24) is 24.7 Å². The van der Waals surface area contributed by atoms with Crippen molar-refractivity contribution in [3.8, 4) is 0 Å². The minimum absolute atomic E-state index is 0.0451. The van der Waals surface area contributed by atoms with Crippen LogP contribution in [-0.4, -0.2) is 69.4 Å². The number of nitrogens with one attached hydrogen (secondary N) is 1. The van der Waals surface area contributed by atoms with Crippen LogP contribution in [0.5, 0.6) is 0 Å². The number of nitrogens with two attached hydrogens (primary N) is 1. The SMILES string of the molecule is C/C=C\N.C=CCC(c1ccc(Cl)cc1C(=C)C(NC(=O)OC(C)(C)CC)c1cncn1C)N1CCN(C(=O)OC(CC)CCC)CC1. The Balaban J connectivity index is 0.00000189. The van der Waals surface area contributed by atoms with E-state index < -0.39 is 17.7 Å². The first kappa shape index (κ1) is 40.4. The molecule has 3 atom stereocenters. The average molecular weight is 685 g/mol. The lowest BCUT2D eigenvalue weighted by molar-refractivity contribution is 0.0340. The van der Waals surface area contributed by atoms with E-state index in [1.165, 1.54) is 6.20 Å². The van der Waals surface area contributed by atoms with Crippen LogP contribution in [0.4, 0.5) is 9.59 Å². The van der Waals surface area contributed by atoms with Crippen LogP contribution in [0.3, 0.4) is 0 Å². The van der Waals surface area contributed by atoms with Crippen molar-refractivity contribution in [2.45, 2.75) is 97.4 Å². The van der Waals surface area contributed by atoms with Gasteiger partial charge in [-0.3, -0.25) is 4.90 Å². The molecule has 1 saturated heterocycles. The molecule has 10 nitrogen and oxygen atoms in total. The molecule has 1 aromatic heterocycles. The van der Waals surface area contributed by atoms with Crippen LogP contribution in [-0.2, 0) is 16.5 Å². The first-order valence-corrected chi connectivity index (χ1v) is 17.3. The molecule has 1 aliphatic rings. The molecule has 0 spiro atoms. The Morgan fingerprint density at radius 1 is 1.19 bits per heavy atom. The van der Waals surface area contributed by atoms with Gasteiger partial charge >= 0.3 is 12.2 Å². The van der Waals surface area contributed by atoms with Crippen LogP contribution < -0.4 is 11.1 Å². The number of allylic oxidation sites excluding steroid dienone is 1. The fraction of sp³-hybridized carbons (Fsp3) is 0.541. The minimum atomic E-state index is -0.624. The molecular weight excluding hydrogens is 628 g/mol. The number of carbonyl (C=O) groups is 2. The average Bonchev–Trinajstić information content (AvgIpc) is 3.50. The molecule has 2 aromatic rings. The van der Waals surface area contributed by atoms with Crippen molar-refractivity contribution < 1.29 is 19.1 Å². The molecule has 3 unspecified atom stereocenters. The zero-order valence-corrected chi connectivity index (χ0v) is 30.8. The van der Waals surface area contributed by atoms with Gasteiger partial charge in [0, 0.05) is 44.3 Å². The first-order valence-electron chi connectivity index (χ1n) is 16.9. The molecule has 1 aliphatic heterocycles. The monoisotopic (exact) mass is 684 g/mol. The smallest absolute Gasteiger partial charge is 0.410 e. The number of hydrogen-bond donors (Lipinski definition) is 2. The van der Waals surface area contributed by atoms with Gasteiger partial charge in [-0.15, -0.1) is 6.58 Å². The van der Waals surface area contributed by atoms with Crippen molar-refractivity contribution in [2.75, 3.05) is 26.2 Å². The standard InChI is InChI=1S/C34H50ClN5O4.C3H7N/c1-9-13-26(11-3)43-33(42)40-19-17-39(18-20-40)29(14-10-2)27-16-15-25(35)21-28(27)24(5)31(30-22-36-23-38(30)8)37-32(41)44-34(6,7)12-4;1-2-3-4/h10,15-16,21-23,26,29,31H,2,5,9,11-14,17-20H2,1,3-4,6-8H3,(H,37,41);2-3H,4H2,1H3/b;3-2-. The largest absolute Gasteiger partial charge is 0.446 e. The van der Waals surface area contributed by atoms with Crippen molar-refractivity contribution in [2.24, 2.45) is 12.8 Å². The molecule has 1 aromatic carbocycles. The second-order valence-electron chi connectivity index (χ2n) is 12.6. The predicted octanol–water partition coefficient (Wildman–Crippen LogP) is 8.17. The Kier molecular flexibility index (Phi) is 16.8. The summed E-state index contributed by atoms with van der Waals surface area (Å²) in [6.45, 7) is 22.8. The Bertz CT molecular complexity index is 1360. The first-order chi connectivity index (χ1) is 22.9. The van der Waals surface area contributed by atoms with Gasteiger partial charge in [-0.25, -0.2) is 14.6 Å². The normalized spacial score (nSPS) is 15.5. The van der Waals surface area contributed by atoms with Crippen LogP contribution in [0, 0.1) is 0 Å². The van der Waals surface area contributed by atoms with Gasteiger partial charge < -0.3 is 30.0 Å². The molecule has 2 amide bonds. The molecule has 0 bridgehead atoms. The highest BCUT2D eigenvalue weighted by Crippen LogP contribution is 2.38. The van der Waals surface area contributed by atoms with E-state index in [1.54, 1.807) is 23.5 Å². The number of aryl methyl sites for hydroxylation is 1. The quantitative estimate of drug-likeness (QED) is 0.193. The van der Waals surface area contributed by atoms with E-state index in [-0.39, 0.29) is 18.2 Å². The number of imidazole rings is 1. The van der Waals surface area contributed by atoms with Gasteiger partial charge in [0.1, 0.15) is 11.7 Å². The van der Waals surface area contributed by atoms with Crippen molar-refractivity contribution in [3.05, 3.63) is 84.1 Å². The summed E-state index contributed by atoms with van der Waals surface area (Å²) in [6, 6.07) is 5.13. The van der Waals surface area contributed by atoms with Crippen molar-refractivity contribution >= 4 is 29.4 Å². The molecule has 2 heterocycles. The van der Waals surface area contributed by atoms with Gasteiger partial charge in [-0.05, 0) is 81.5 Å². The molecule has 0 saturated carbocycles. The van der Waals surface area contributed by atoms with Crippen LogP contribution in [0.1, 0.15) is 103 Å². The lowest BCUT2D eigenvalue weighted by Crippen LogP contribution is -2.50. The number of ether oxygens (including phenoxy) is 2. The van der Waals surface area contributed by atoms with E-state index in [0.717, 1.165) is 36.1 Å². The highest BCUT2D eigenvalue weighted by Gasteiger charge is 2.32. The summed E-state index contributed by atoms with van der Waals surface area (Å²) in [7, 11) is 1.88. The summed E-state index contributed by atoms with van der Waals surface area (Å²) < 4.78 is 13.4. The summed E-state index contributed by atoms with van der Waals surface area (Å²) in [6.07, 6.45) is 11.8. The number of halogens is 1. The van der Waals surface area contributed by atoms with Gasteiger partial charge in [0.2, 0.25) is 0 Å². The molecular formula is C37H57ClN6O4. The van der Waals surface area contributed by atoms with E-state index in [0.29, 0.717) is 49.6 Å². The summed E-state index contributed by atoms with van der Waals surface area (Å²) in [4.78, 5) is 34.5. The van der Waals surface area contributed by atoms with Crippen LogP contribution in [0.2, 0.25) is 5.02 Å². The number of benzene rings is 1. The maximum Gasteiger partial charge on any atom is 0.410 e. The van der Waals surface area contributed by atoms with Gasteiger partial charge in [-0.2, -0.15) is 0 Å². The number of amides is 2. The van der Waals surface area contributed by atoms with Crippen molar-refractivity contribution in [1.29, 1.82) is 0 Å². The Morgan fingerprint density at radius 3 is 2.38 bits per heavy atom. The van der Waals surface area contributed by atoms with E-state index in [4.69, 9.17) is 26.8 Å². The highest BCUT2D eigenvalue weighted by molar-refractivity contribution is 6.30. The number of nitrogens with zero attached hydrogens (tertiary/aromatic N) is 4. The van der Waals surface area contributed by atoms with E-state index >= 15 is 0 Å². The molecule has 266 valence electrons. The van der Waals surface area contributed by atoms with Crippen LogP contribution >= 0.6 is 11.6 Å². The number of alkyl carbamates (subject to hydrolysis) is 1. The molecule has 0 radical (unpaired) electrons. The van der Waals surface area contributed by atoms with E-state index in [1.807, 2.05) is 70.5 Å². The summed E-state index contributed by atoms with van der Waals surface area (Å²) in [5.74, 6) is 0. The number of rotatable bonds is 14. The second kappa shape index (κ2) is 19.9. The predicted molar refractivity (Wildman–Crippen MR) is 196 cm³/mol. The molecule has 11 heteroatoms. The van der Waals surface area contributed by atoms with Gasteiger partial charge in [0.25, 0.3) is 0 Å². The third-order valence-corrected chi connectivity index (χ3v) is 8.87. The van der Waals surface area contributed by atoms with Crippen molar-refractivity contribution in [3.63, 3.8) is 0 Å². The van der Waals surface area contributed by atoms with Gasteiger partial charge in [0.15, 0.2) is 0 Å². The Hall–Kier alpha value is -3.76. The topological polar surface area (TPSA) is 115 Å². The Labute approximate surface area is 293 Å². The zero-order chi connectivity index (χ0) is 35.9. The molecule has 3 rings (SSSR count). The summed E-state index contributed by atoms with van der Waals surface area (Å²) in [5.41, 5.74) is 7.49. The molecule has 3 N–H and O–H groups in total. The maximum absolute atomic E-state index is 13.1. The fourth-order valence-electron chi connectivity index (χ4n) is 5.44. The van der Waals surface area contributed by atoms with Gasteiger partial charge in [-0.1, -0.05) is 63.6 Å². The lowest BCUT2D eigenvalue weighted by atomic mass is 9.88. The lowest BCUT2D eigenvalue weighted by Gasteiger charge is -2.40. The Morgan fingerprint density at radius 2 is 1.85 bits per heavy atom. The summed E-state index contributed by atoms with van der Waals surface area (Å²) in [5, 5.41) is 3.60. The van der Waals surface area contributed by atoms with Crippen LogP contribution in [0.15, 0.2) is 62.2 Å². The molecule has 0 aliphatic carbocycles. The maximum atomic E-state index is 13.1. The second-order valence-corrected chi connectivity index (χ2v) is 13.0. The van der Waals surface area contributed by atoms with Crippen LogP contribution in [0.25, 0.3) is 5.57 Å². The molecule has 1 fully saturated rings. The third kappa shape index (κ3) is 11.7. The van der Waals surface area contributed by atoms with E-state index in [9.17, 15) is 9.59 Å². The third-order valence-electron chi connectivity index (χ3n) is 8.63. The number of piperazine rings is 1. The highest BCUT2D eigenvalue weighted by atomic mass is 35.5.